The van der Waals surface area contributed by atoms with Crippen LogP contribution in [0.5, 0.6) is 0 Å². The first-order valence-corrected chi connectivity index (χ1v) is 13.5. The van der Waals surface area contributed by atoms with Crippen LogP contribution in [0.4, 0.5) is 11.4 Å². The number of pyridine rings is 1. The summed E-state index contributed by atoms with van der Waals surface area (Å²) in [5, 5.41) is 8.53. The van der Waals surface area contributed by atoms with Gasteiger partial charge in [-0.05, 0) is 67.1 Å². The maximum atomic E-state index is 12.2. The van der Waals surface area contributed by atoms with Crippen LogP contribution in [0.25, 0.3) is 44.7 Å². The fourth-order valence-electron chi connectivity index (χ4n) is 5.30. The maximum Gasteiger partial charge on any atom is 0.247 e. The largest absolute Gasteiger partial charge is 0.369 e. The number of fused-ring (bicyclic) bond motifs is 1. The van der Waals surface area contributed by atoms with Crippen molar-refractivity contribution in [2.24, 2.45) is 7.05 Å². The van der Waals surface area contributed by atoms with Crippen LogP contribution in [0.3, 0.4) is 0 Å². The van der Waals surface area contributed by atoms with Crippen LogP contribution in [-0.2, 0) is 11.8 Å². The van der Waals surface area contributed by atoms with Gasteiger partial charge in [0.2, 0.25) is 5.91 Å². The van der Waals surface area contributed by atoms with E-state index in [-0.39, 0.29) is 5.91 Å². The summed E-state index contributed by atoms with van der Waals surface area (Å²) in [5.41, 5.74) is 9.63. The van der Waals surface area contributed by atoms with E-state index in [4.69, 9.17) is 4.98 Å². The molecule has 6 rings (SSSR count). The van der Waals surface area contributed by atoms with E-state index in [0.717, 1.165) is 82.1 Å². The molecule has 0 spiro atoms. The lowest BCUT2D eigenvalue weighted by Crippen LogP contribution is -2.44. The Kier molecular flexibility index (Phi) is 6.69. The van der Waals surface area contributed by atoms with E-state index in [1.54, 1.807) is 4.68 Å². The van der Waals surface area contributed by atoms with E-state index in [2.05, 4.69) is 75.2 Å². The molecule has 5 aromatic rings. The number of aromatic amines is 1. The van der Waals surface area contributed by atoms with Gasteiger partial charge in [0, 0.05) is 73.5 Å². The molecule has 0 saturated carbocycles. The third-order valence-electron chi connectivity index (χ3n) is 7.65. The monoisotopic (exact) mass is 531 g/mol. The van der Waals surface area contributed by atoms with Gasteiger partial charge in [0.15, 0.2) is 0 Å². The van der Waals surface area contributed by atoms with Crippen molar-refractivity contribution in [2.45, 2.75) is 6.92 Å². The zero-order valence-electron chi connectivity index (χ0n) is 23.1. The van der Waals surface area contributed by atoms with E-state index in [1.807, 2.05) is 44.6 Å². The van der Waals surface area contributed by atoms with Gasteiger partial charge in [-0.25, -0.2) is 4.98 Å². The SMILES string of the molecule is C=CC(=O)Nc1cc(-c2c(-c3ccc(N4CCN(C)CC4)cc3)[nH]c3ncc(-c4ccn(C)n4)cc23)ccc1C. The van der Waals surface area contributed by atoms with Crippen molar-refractivity contribution in [3.8, 4) is 33.6 Å². The van der Waals surface area contributed by atoms with Crippen molar-refractivity contribution in [2.75, 3.05) is 43.4 Å². The summed E-state index contributed by atoms with van der Waals surface area (Å²) in [6.07, 6.45) is 5.07. The van der Waals surface area contributed by atoms with E-state index in [9.17, 15) is 4.79 Å². The number of anilines is 2. The van der Waals surface area contributed by atoms with E-state index < -0.39 is 0 Å². The Morgan fingerprint density at radius 1 is 0.975 bits per heavy atom. The fraction of sp³-hybridized carbons (Fsp3) is 0.219. The summed E-state index contributed by atoms with van der Waals surface area (Å²) in [6, 6.07) is 19.0. The molecule has 3 aromatic heterocycles. The van der Waals surface area contributed by atoms with Crippen molar-refractivity contribution >= 4 is 28.3 Å². The van der Waals surface area contributed by atoms with Crippen molar-refractivity contribution in [1.82, 2.24) is 24.6 Å². The normalized spacial score (nSPS) is 14.0. The zero-order valence-corrected chi connectivity index (χ0v) is 23.1. The van der Waals surface area contributed by atoms with Gasteiger partial charge in [0.1, 0.15) is 5.65 Å². The minimum absolute atomic E-state index is 0.238. The average Bonchev–Trinajstić information content (AvgIpc) is 3.58. The number of nitrogens with one attached hydrogen (secondary N) is 2. The minimum Gasteiger partial charge on any atom is -0.369 e. The molecule has 8 nitrogen and oxygen atoms in total. The Bertz CT molecular complexity index is 1710. The number of H-pyrrole nitrogens is 1. The van der Waals surface area contributed by atoms with Crippen molar-refractivity contribution < 1.29 is 4.79 Å². The molecule has 2 N–H and O–H groups in total. The predicted molar refractivity (Wildman–Crippen MR) is 162 cm³/mol. The highest BCUT2D eigenvalue weighted by molar-refractivity contribution is 6.05. The topological polar surface area (TPSA) is 82.1 Å². The Morgan fingerprint density at radius 2 is 1.73 bits per heavy atom. The summed E-state index contributed by atoms with van der Waals surface area (Å²) in [4.78, 5) is 25.3. The van der Waals surface area contributed by atoms with Crippen LogP contribution in [0.15, 0.2) is 79.6 Å². The standard InChI is InChI=1S/C32H33N7O/c1-5-29(40)34-28-19-23(7-6-21(28)2)30-26-18-24(27-12-13-38(4)36-27)20-33-32(26)35-31(30)22-8-10-25(11-9-22)39-16-14-37(3)15-17-39/h5-13,18-20H,1,14-17H2,2-4H3,(H,33,35)(H,34,40). The van der Waals surface area contributed by atoms with Gasteiger partial charge in [-0.1, -0.05) is 30.8 Å². The van der Waals surface area contributed by atoms with Gasteiger partial charge in [-0.15, -0.1) is 0 Å². The number of benzene rings is 2. The lowest BCUT2D eigenvalue weighted by molar-refractivity contribution is -0.111. The predicted octanol–water partition coefficient (Wildman–Crippen LogP) is 5.48. The number of aryl methyl sites for hydroxylation is 2. The molecule has 1 aliphatic heterocycles. The third kappa shape index (κ3) is 4.89. The first-order valence-electron chi connectivity index (χ1n) is 13.5. The van der Waals surface area contributed by atoms with Crippen LogP contribution in [0.2, 0.25) is 0 Å². The number of rotatable bonds is 6. The fourth-order valence-corrected chi connectivity index (χ4v) is 5.30. The van der Waals surface area contributed by atoms with Crippen LogP contribution < -0.4 is 10.2 Å². The number of carbonyl (C=O) groups is 1. The third-order valence-corrected chi connectivity index (χ3v) is 7.65. The van der Waals surface area contributed by atoms with E-state index in [0.29, 0.717) is 0 Å². The Morgan fingerprint density at radius 3 is 2.42 bits per heavy atom. The van der Waals surface area contributed by atoms with Gasteiger partial charge in [0.05, 0.1) is 11.4 Å². The van der Waals surface area contributed by atoms with E-state index >= 15 is 0 Å². The summed E-state index contributed by atoms with van der Waals surface area (Å²) in [6.45, 7) is 9.76. The number of aromatic nitrogens is 4. The van der Waals surface area contributed by atoms with Crippen LogP contribution in [0, 0.1) is 6.92 Å². The molecule has 0 radical (unpaired) electrons. The summed E-state index contributed by atoms with van der Waals surface area (Å²) < 4.78 is 1.79. The average molecular weight is 532 g/mol. The lowest BCUT2D eigenvalue weighted by atomic mass is 9.96. The number of nitrogens with zero attached hydrogens (tertiary/aromatic N) is 5. The molecular weight excluding hydrogens is 498 g/mol. The maximum absolute atomic E-state index is 12.2. The van der Waals surface area contributed by atoms with Gasteiger partial charge < -0.3 is 20.1 Å². The van der Waals surface area contributed by atoms with E-state index in [1.165, 1.54) is 11.8 Å². The van der Waals surface area contributed by atoms with Crippen LogP contribution in [-0.4, -0.2) is 63.8 Å². The summed E-state index contributed by atoms with van der Waals surface area (Å²) in [7, 11) is 4.08. The highest BCUT2D eigenvalue weighted by Gasteiger charge is 2.20. The molecule has 40 heavy (non-hydrogen) atoms. The number of carbonyl (C=O) groups excluding carboxylic acids is 1. The Labute approximate surface area is 234 Å². The highest BCUT2D eigenvalue weighted by Crippen LogP contribution is 2.40. The molecule has 8 heteroatoms. The number of hydrogen-bond acceptors (Lipinski definition) is 5. The minimum atomic E-state index is -0.238. The smallest absolute Gasteiger partial charge is 0.247 e. The molecular formula is C32H33N7O. The zero-order chi connectivity index (χ0) is 27.8. The number of piperazine rings is 1. The lowest BCUT2D eigenvalue weighted by Gasteiger charge is -2.34. The van der Waals surface area contributed by atoms with Crippen LogP contribution in [0.1, 0.15) is 5.56 Å². The quantitative estimate of drug-likeness (QED) is 0.284. The molecule has 4 heterocycles. The number of hydrogen-bond donors (Lipinski definition) is 2. The first-order chi connectivity index (χ1) is 19.4. The molecule has 1 amide bonds. The molecule has 1 saturated heterocycles. The van der Waals surface area contributed by atoms with Crippen molar-refractivity contribution in [3.05, 3.63) is 85.2 Å². The molecule has 1 aliphatic rings. The van der Waals surface area contributed by atoms with Crippen molar-refractivity contribution in [3.63, 3.8) is 0 Å². The van der Waals surface area contributed by atoms with Gasteiger partial charge in [0.25, 0.3) is 0 Å². The molecule has 0 atom stereocenters. The van der Waals surface area contributed by atoms with Crippen molar-refractivity contribution in [1.29, 1.82) is 0 Å². The molecule has 0 unspecified atom stereocenters. The summed E-state index contributed by atoms with van der Waals surface area (Å²) >= 11 is 0. The van der Waals surface area contributed by atoms with Crippen LogP contribution >= 0.6 is 0 Å². The molecule has 0 aliphatic carbocycles. The molecule has 202 valence electrons. The second-order valence-corrected chi connectivity index (χ2v) is 10.4. The van der Waals surface area contributed by atoms with Gasteiger partial charge >= 0.3 is 0 Å². The number of amides is 1. The molecule has 2 aromatic carbocycles. The second kappa shape index (κ2) is 10.5. The highest BCUT2D eigenvalue weighted by atomic mass is 16.1. The number of likely N-dealkylation sites (N-methyl/N-ethyl adjacent to an activating group) is 1. The van der Waals surface area contributed by atoms with Gasteiger partial charge in [-0.3, -0.25) is 9.48 Å². The Balaban J connectivity index is 1.48. The second-order valence-electron chi connectivity index (χ2n) is 10.4. The molecule has 1 fully saturated rings. The Hall–Kier alpha value is -4.69. The first kappa shape index (κ1) is 25.6. The van der Waals surface area contributed by atoms with Gasteiger partial charge in [-0.2, -0.15) is 5.10 Å². The summed E-state index contributed by atoms with van der Waals surface area (Å²) in [5.74, 6) is -0.238. The molecule has 0 bridgehead atoms.